The lowest BCUT2D eigenvalue weighted by Crippen LogP contribution is -1.97. The summed E-state index contributed by atoms with van der Waals surface area (Å²) in [5.41, 5.74) is 1.06. The van der Waals surface area contributed by atoms with Crippen LogP contribution in [0.1, 0.15) is 30.9 Å². The third kappa shape index (κ3) is 1.86. The topological polar surface area (TPSA) is 20.2 Å². The Balaban J connectivity index is 1.98. The molecule has 1 aliphatic rings. The molecule has 0 saturated heterocycles. The predicted octanol–water partition coefficient (Wildman–Crippen LogP) is 2.52. The van der Waals surface area contributed by atoms with Gasteiger partial charge in [0, 0.05) is 0 Å². The summed E-state index contributed by atoms with van der Waals surface area (Å²) in [6.07, 6.45) is 3.33. The smallest absolute Gasteiger partial charge is 0.0792 e. The van der Waals surface area contributed by atoms with Gasteiger partial charge < -0.3 is 5.11 Å². The number of hydrogen-bond donors (Lipinski definition) is 1. The van der Waals surface area contributed by atoms with Crippen molar-refractivity contribution in [2.45, 2.75) is 25.4 Å². The van der Waals surface area contributed by atoms with Crippen molar-refractivity contribution < 1.29 is 5.11 Å². The highest BCUT2D eigenvalue weighted by atomic mass is 16.3. The Morgan fingerprint density at radius 3 is 2.50 bits per heavy atom. The lowest BCUT2D eigenvalue weighted by molar-refractivity contribution is 0.160. The third-order valence-electron chi connectivity index (χ3n) is 2.44. The van der Waals surface area contributed by atoms with Crippen molar-refractivity contribution in [1.29, 1.82) is 0 Å². The van der Waals surface area contributed by atoms with Crippen LogP contribution in [0.15, 0.2) is 30.3 Å². The molecule has 1 nitrogen and oxygen atoms in total. The SMILES string of the molecule is OC(CC1CC1)c1ccccc1. The average molecular weight is 162 g/mol. The van der Waals surface area contributed by atoms with Crippen molar-refractivity contribution in [3.05, 3.63) is 35.9 Å². The van der Waals surface area contributed by atoms with Gasteiger partial charge in [0.05, 0.1) is 6.10 Å². The molecule has 0 heterocycles. The molecule has 0 aromatic heterocycles. The Morgan fingerprint density at radius 2 is 1.92 bits per heavy atom. The molecule has 0 bridgehead atoms. The van der Waals surface area contributed by atoms with Crippen molar-refractivity contribution in [2.75, 3.05) is 0 Å². The van der Waals surface area contributed by atoms with Crippen LogP contribution in [0.3, 0.4) is 0 Å². The zero-order valence-corrected chi connectivity index (χ0v) is 7.11. The van der Waals surface area contributed by atoms with Crippen molar-refractivity contribution in [2.24, 2.45) is 5.92 Å². The average Bonchev–Trinajstić information content (AvgIpc) is 2.90. The van der Waals surface area contributed by atoms with Gasteiger partial charge >= 0.3 is 0 Å². The Kier molecular flexibility index (Phi) is 2.13. The lowest BCUT2D eigenvalue weighted by atomic mass is 10.0. The van der Waals surface area contributed by atoms with Gasteiger partial charge in [-0.2, -0.15) is 0 Å². The summed E-state index contributed by atoms with van der Waals surface area (Å²) in [7, 11) is 0. The molecule has 0 radical (unpaired) electrons. The molecule has 1 aliphatic carbocycles. The van der Waals surface area contributed by atoms with Crippen LogP contribution < -0.4 is 0 Å². The van der Waals surface area contributed by atoms with E-state index in [-0.39, 0.29) is 6.10 Å². The van der Waals surface area contributed by atoms with Crippen LogP contribution in [0.2, 0.25) is 0 Å². The van der Waals surface area contributed by atoms with E-state index in [2.05, 4.69) is 0 Å². The van der Waals surface area contributed by atoms with Crippen LogP contribution in [0.5, 0.6) is 0 Å². The minimum absolute atomic E-state index is 0.237. The van der Waals surface area contributed by atoms with Crippen molar-refractivity contribution in [3.8, 4) is 0 Å². The molecule has 0 spiro atoms. The van der Waals surface area contributed by atoms with Crippen molar-refractivity contribution in [3.63, 3.8) is 0 Å². The van der Waals surface area contributed by atoms with E-state index in [0.717, 1.165) is 17.9 Å². The standard InChI is InChI=1S/C11H14O/c12-11(8-9-6-7-9)10-4-2-1-3-5-10/h1-5,9,11-12H,6-8H2. The molecule has 0 aliphatic heterocycles. The largest absolute Gasteiger partial charge is 0.388 e. The molecule has 1 N–H and O–H groups in total. The van der Waals surface area contributed by atoms with Crippen LogP contribution >= 0.6 is 0 Å². The minimum atomic E-state index is -0.237. The van der Waals surface area contributed by atoms with Crippen LogP contribution in [-0.2, 0) is 0 Å². The maximum atomic E-state index is 9.73. The fourth-order valence-corrected chi connectivity index (χ4v) is 1.48. The zero-order chi connectivity index (χ0) is 8.39. The molecular formula is C11H14O. The quantitative estimate of drug-likeness (QED) is 0.724. The fraction of sp³-hybridized carbons (Fsp3) is 0.455. The zero-order valence-electron chi connectivity index (χ0n) is 7.11. The molecule has 1 fully saturated rings. The molecule has 64 valence electrons. The Hall–Kier alpha value is -0.820. The normalized spacial score (nSPS) is 19.1. The molecule has 1 heteroatoms. The first-order valence-electron chi connectivity index (χ1n) is 4.59. The summed E-state index contributed by atoms with van der Waals surface area (Å²) in [6, 6.07) is 9.92. The maximum absolute atomic E-state index is 9.73. The molecular weight excluding hydrogens is 148 g/mol. The number of benzene rings is 1. The summed E-state index contributed by atoms with van der Waals surface area (Å²) < 4.78 is 0. The first kappa shape index (κ1) is 7.81. The van der Waals surface area contributed by atoms with E-state index in [1.807, 2.05) is 30.3 Å². The van der Waals surface area contributed by atoms with E-state index in [1.54, 1.807) is 0 Å². The monoisotopic (exact) mass is 162 g/mol. The summed E-state index contributed by atoms with van der Waals surface area (Å²) in [5, 5.41) is 9.73. The van der Waals surface area contributed by atoms with Gasteiger partial charge in [-0.3, -0.25) is 0 Å². The van der Waals surface area contributed by atoms with Crippen molar-refractivity contribution >= 4 is 0 Å². The van der Waals surface area contributed by atoms with E-state index < -0.39 is 0 Å². The second-order valence-corrected chi connectivity index (χ2v) is 3.61. The highest BCUT2D eigenvalue weighted by Gasteiger charge is 2.24. The molecule has 0 amide bonds. The fourth-order valence-electron chi connectivity index (χ4n) is 1.48. The highest BCUT2D eigenvalue weighted by molar-refractivity contribution is 5.17. The number of aliphatic hydroxyl groups is 1. The van der Waals surface area contributed by atoms with Gasteiger partial charge in [-0.05, 0) is 17.9 Å². The second-order valence-electron chi connectivity index (χ2n) is 3.61. The van der Waals surface area contributed by atoms with Gasteiger partial charge in [-0.25, -0.2) is 0 Å². The lowest BCUT2D eigenvalue weighted by Gasteiger charge is -2.08. The van der Waals surface area contributed by atoms with Gasteiger partial charge in [0.2, 0.25) is 0 Å². The van der Waals surface area contributed by atoms with E-state index in [0.29, 0.717) is 0 Å². The Bertz CT molecular complexity index is 238. The molecule has 12 heavy (non-hydrogen) atoms. The van der Waals surface area contributed by atoms with Crippen molar-refractivity contribution in [1.82, 2.24) is 0 Å². The third-order valence-corrected chi connectivity index (χ3v) is 2.44. The van der Waals surface area contributed by atoms with Gasteiger partial charge in [0.15, 0.2) is 0 Å². The van der Waals surface area contributed by atoms with Crippen LogP contribution in [0, 0.1) is 5.92 Å². The summed E-state index contributed by atoms with van der Waals surface area (Å²) in [4.78, 5) is 0. The van der Waals surface area contributed by atoms with Gasteiger partial charge in [-0.1, -0.05) is 43.2 Å². The first-order valence-corrected chi connectivity index (χ1v) is 4.59. The van der Waals surface area contributed by atoms with Crippen LogP contribution in [0.4, 0.5) is 0 Å². The van der Waals surface area contributed by atoms with E-state index in [9.17, 15) is 5.11 Å². The highest BCUT2D eigenvalue weighted by Crippen LogP contribution is 2.37. The maximum Gasteiger partial charge on any atom is 0.0792 e. The predicted molar refractivity (Wildman–Crippen MR) is 48.7 cm³/mol. The van der Waals surface area contributed by atoms with E-state index in [1.165, 1.54) is 12.8 Å². The van der Waals surface area contributed by atoms with Gasteiger partial charge in [-0.15, -0.1) is 0 Å². The first-order chi connectivity index (χ1) is 5.86. The number of aliphatic hydroxyl groups excluding tert-OH is 1. The number of hydrogen-bond acceptors (Lipinski definition) is 1. The molecule has 1 atom stereocenters. The molecule has 1 saturated carbocycles. The second kappa shape index (κ2) is 3.28. The van der Waals surface area contributed by atoms with Crippen LogP contribution in [-0.4, -0.2) is 5.11 Å². The van der Waals surface area contributed by atoms with Gasteiger partial charge in [0.1, 0.15) is 0 Å². The van der Waals surface area contributed by atoms with E-state index in [4.69, 9.17) is 0 Å². The molecule has 2 rings (SSSR count). The minimum Gasteiger partial charge on any atom is -0.388 e. The molecule has 1 aromatic carbocycles. The summed E-state index contributed by atoms with van der Waals surface area (Å²) in [5.74, 6) is 0.792. The molecule has 1 unspecified atom stereocenters. The van der Waals surface area contributed by atoms with Crippen LogP contribution in [0.25, 0.3) is 0 Å². The van der Waals surface area contributed by atoms with Gasteiger partial charge in [0.25, 0.3) is 0 Å². The Morgan fingerprint density at radius 1 is 1.25 bits per heavy atom. The van der Waals surface area contributed by atoms with E-state index >= 15 is 0 Å². The summed E-state index contributed by atoms with van der Waals surface area (Å²) >= 11 is 0. The molecule has 1 aromatic rings. The number of rotatable bonds is 3. The summed E-state index contributed by atoms with van der Waals surface area (Å²) in [6.45, 7) is 0. The Labute approximate surface area is 73.0 Å².